The molecule has 0 radical (unpaired) electrons. The standard InChI is InChI=1S/C15H19F2NO2/c16-12-4-3-5-13(17)11(12)6-9-18-14(19)10-15(20)7-1-2-8-15/h3-5,20H,1-2,6-10H2,(H,18,19). The number of aliphatic hydroxyl groups is 1. The zero-order valence-electron chi connectivity index (χ0n) is 11.3. The van der Waals surface area contributed by atoms with Crippen LogP contribution in [0.15, 0.2) is 18.2 Å². The van der Waals surface area contributed by atoms with Gasteiger partial charge in [-0.2, -0.15) is 0 Å². The molecule has 0 aromatic heterocycles. The lowest BCUT2D eigenvalue weighted by molar-refractivity contribution is -0.125. The lowest BCUT2D eigenvalue weighted by atomic mass is 9.97. The van der Waals surface area contributed by atoms with Crippen LogP contribution in [0.25, 0.3) is 0 Å². The average Bonchev–Trinajstić information content (AvgIpc) is 2.79. The van der Waals surface area contributed by atoms with E-state index >= 15 is 0 Å². The number of rotatable bonds is 5. The first kappa shape index (κ1) is 14.9. The van der Waals surface area contributed by atoms with E-state index in [1.54, 1.807) is 0 Å². The Morgan fingerprint density at radius 1 is 1.25 bits per heavy atom. The van der Waals surface area contributed by atoms with Crippen LogP contribution in [0.5, 0.6) is 0 Å². The van der Waals surface area contributed by atoms with Gasteiger partial charge in [-0.25, -0.2) is 8.78 Å². The van der Waals surface area contributed by atoms with Crippen LogP contribution in [-0.4, -0.2) is 23.2 Å². The molecule has 1 saturated carbocycles. The molecular weight excluding hydrogens is 264 g/mol. The number of carbonyl (C=O) groups excluding carboxylic acids is 1. The number of benzene rings is 1. The zero-order valence-corrected chi connectivity index (χ0v) is 11.3. The van der Waals surface area contributed by atoms with Gasteiger partial charge in [0.25, 0.3) is 0 Å². The molecule has 0 spiro atoms. The summed E-state index contributed by atoms with van der Waals surface area (Å²) in [4.78, 5) is 11.7. The van der Waals surface area contributed by atoms with E-state index in [0.29, 0.717) is 12.8 Å². The largest absolute Gasteiger partial charge is 0.389 e. The van der Waals surface area contributed by atoms with Crippen LogP contribution >= 0.6 is 0 Å². The molecule has 110 valence electrons. The van der Waals surface area contributed by atoms with Crippen molar-refractivity contribution in [1.82, 2.24) is 5.32 Å². The SMILES string of the molecule is O=C(CC1(O)CCCC1)NCCc1c(F)cccc1F. The molecule has 1 aromatic carbocycles. The highest BCUT2D eigenvalue weighted by Gasteiger charge is 2.33. The minimum Gasteiger partial charge on any atom is -0.389 e. The van der Waals surface area contributed by atoms with Crippen LogP contribution in [0, 0.1) is 11.6 Å². The van der Waals surface area contributed by atoms with Crippen molar-refractivity contribution in [3.8, 4) is 0 Å². The molecule has 1 aliphatic carbocycles. The molecule has 0 heterocycles. The van der Waals surface area contributed by atoms with Crippen LogP contribution in [0.1, 0.15) is 37.7 Å². The first-order valence-electron chi connectivity index (χ1n) is 6.92. The van der Waals surface area contributed by atoms with E-state index in [-0.39, 0.29) is 30.9 Å². The maximum Gasteiger partial charge on any atom is 0.222 e. The lowest BCUT2D eigenvalue weighted by Crippen LogP contribution is -2.35. The molecule has 1 aromatic rings. The van der Waals surface area contributed by atoms with Crippen LogP contribution < -0.4 is 5.32 Å². The Balaban J connectivity index is 1.79. The van der Waals surface area contributed by atoms with Crippen LogP contribution in [-0.2, 0) is 11.2 Å². The third kappa shape index (κ3) is 3.76. The monoisotopic (exact) mass is 283 g/mol. The molecule has 5 heteroatoms. The summed E-state index contributed by atoms with van der Waals surface area (Å²) in [5.41, 5.74) is -0.916. The van der Waals surface area contributed by atoms with Crippen molar-refractivity contribution in [3.63, 3.8) is 0 Å². The van der Waals surface area contributed by atoms with Gasteiger partial charge in [0.15, 0.2) is 0 Å². The first-order chi connectivity index (χ1) is 9.50. The van der Waals surface area contributed by atoms with Crippen molar-refractivity contribution >= 4 is 5.91 Å². The fourth-order valence-corrected chi connectivity index (χ4v) is 2.67. The molecule has 0 aliphatic heterocycles. The van der Waals surface area contributed by atoms with Crippen molar-refractivity contribution in [3.05, 3.63) is 35.4 Å². The third-order valence-corrected chi connectivity index (χ3v) is 3.78. The Labute approximate surface area is 117 Å². The van der Waals surface area contributed by atoms with Gasteiger partial charge in [0.2, 0.25) is 5.91 Å². The van der Waals surface area contributed by atoms with Crippen molar-refractivity contribution < 1.29 is 18.7 Å². The summed E-state index contributed by atoms with van der Waals surface area (Å²) in [5.74, 6) is -1.48. The third-order valence-electron chi connectivity index (χ3n) is 3.78. The number of hydrogen-bond acceptors (Lipinski definition) is 2. The minimum absolute atomic E-state index is 0.0209. The Morgan fingerprint density at radius 3 is 2.45 bits per heavy atom. The van der Waals surface area contributed by atoms with E-state index in [2.05, 4.69) is 5.32 Å². The quantitative estimate of drug-likeness (QED) is 0.871. The summed E-state index contributed by atoms with van der Waals surface area (Å²) in [5, 5.41) is 12.7. The van der Waals surface area contributed by atoms with Gasteiger partial charge in [0.1, 0.15) is 11.6 Å². The number of carbonyl (C=O) groups is 1. The molecule has 1 amide bonds. The Hall–Kier alpha value is -1.49. The van der Waals surface area contributed by atoms with Crippen molar-refractivity contribution in [1.29, 1.82) is 0 Å². The Kier molecular flexibility index (Phi) is 4.70. The first-order valence-corrected chi connectivity index (χ1v) is 6.92. The van der Waals surface area contributed by atoms with E-state index in [4.69, 9.17) is 0 Å². The van der Waals surface area contributed by atoms with Gasteiger partial charge in [-0.1, -0.05) is 18.9 Å². The molecular formula is C15H19F2NO2. The van der Waals surface area contributed by atoms with E-state index in [9.17, 15) is 18.7 Å². The van der Waals surface area contributed by atoms with E-state index < -0.39 is 17.2 Å². The predicted octanol–water partition coefficient (Wildman–Crippen LogP) is 2.32. The number of amides is 1. The fourth-order valence-electron chi connectivity index (χ4n) is 2.67. The Bertz CT molecular complexity index is 465. The maximum atomic E-state index is 13.4. The highest BCUT2D eigenvalue weighted by atomic mass is 19.1. The molecule has 2 N–H and O–H groups in total. The summed E-state index contributed by atoms with van der Waals surface area (Å²) < 4.78 is 26.7. The van der Waals surface area contributed by atoms with Gasteiger partial charge in [0, 0.05) is 12.1 Å². The van der Waals surface area contributed by atoms with E-state index in [1.807, 2.05) is 0 Å². The van der Waals surface area contributed by atoms with E-state index in [1.165, 1.54) is 18.2 Å². The van der Waals surface area contributed by atoms with Gasteiger partial charge >= 0.3 is 0 Å². The summed E-state index contributed by atoms with van der Waals surface area (Å²) in [7, 11) is 0. The van der Waals surface area contributed by atoms with Gasteiger partial charge in [-0.05, 0) is 31.4 Å². The lowest BCUT2D eigenvalue weighted by Gasteiger charge is -2.21. The highest BCUT2D eigenvalue weighted by molar-refractivity contribution is 5.77. The van der Waals surface area contributed by atoms with Crippen LogP contribution in [0.2, 0.25) is 0 Å². The molecule has 1 fully saturated rings. The highest BCUT2D eigenvalue weighted by Crippen LogP contribution is 2.32. The number of hydrogen-bond donors (Lipinski definition) is 2. The van der Waals surface area contributed by atoms with Gasteiger partial charge < -0.3 is 10.4 Å². The van der Waals surface area contributed by atoms with E-state index in [0.717, 1.165) is 12.8 Å². The fraction of sp³-hybridized carbons (Fsp3) is 0.533. The molecule has 2 rings (SSSR count). The molecule has 3 nitrogen and oxygen atoms in total. The molecule has 0 atom stereocenters. The van der Waals surface area contributed by atoms with Gasteiger partial charge in [-0.3, -0.25) is 4.79 Å². The molecule has 0 saturated heterocycles. The molecule has 20 heavy (non-hydrogen) atoms. The summed E-state index contributed by atoms with van der Waals surface area (Å²) >= 11 is 0. The topological polar surface area (TPSA) is 49.3 Å². The maximum absolute atomic E-state index is 13.4. The summed E-state index contributed by atoms with van der Waals surface area (Å²) in [6.45, 7) is 0.159. The average molecular weight is 283 g/mol. The summed E-state index contributed by atoms with van der Waals surface area (Å²) in [6.07, 6.45) is 3.31. The number of halogens is 2. The second-order valence-corrected chi connectivity index (χ2v) is 5.41. The van der Waals surface area contributed by atoms with Gasteiger partial charge in [-0.15, -0.1) is 0 Å². The Morgan fingerprint density at radius 2 is 1.85 bits per heavy atom. The second kappa shape index (κ2) is 6.31. The van der Waals surface area contributed by atoms with Crippen LogP contribution in [0.4, 0.5) is 8.78 Å². The smallest absolute Gasteiger partial charge is 0.222 e. The van der Waals surface area contributed by atoms with Crippen molar-refractivity contribution in [2.45, 2.75) is 44.1 Å². The van der Waals surface area contributed by atoms with Crippen molar-refractivity contribution in [2.75, 3.05) is 6.54 Å². The second-order valence-electron chi connectivity index (χ2n) is 5.41. The van der Waals surface area contributed by atoms with Crippen LogP contribution in [0.3, 0.4) is 0 Å². The molecule has 0 unspecified atom stereocenters. The number of nitrogens with one attached hydrogen (secondary N) is 1. The van der Waals surface area contributed by atoms with Gasteiger partial charge in [0.05, 0.1) is 12.0 Å². The normalized spacial score (nSPS) is 17.1. The molecule has 1 aliphatic rings. The predicted molar refractivity (Wildman–Crippen MR) is 71.1 cm³/mol. The minimum atomic E-state index is -0.896. The zero-order chi connectivity index (χ0) is 14.6. The summed E-state index contributed by atoms with van der Waals surface area (Å²) in [6, 6.07) is 3.70. The molecule has 0 bridgehead atoms. The van der Waals surface area contributed by atoms with Crippen molar-refractivity contribution in [2.24, 2.45) is 0 Å².